The summed E-state index contributed by atoms with van der Waals surface area (Å²) in [6, 6.07) is 7.57. The van der Waals surface area contributed by atoms with Gasteiger partial charge in [0.1, 0.15) is 0 Å². The van der Waals surface area contributed by atoms with Gasteiger partial charge in [0, 0.05) is 35.8 Å². The molecule has 1 saturated heterocycles. The van der Waals surface area contributed by atoms with Crippen molar-refractivity contribution in [1.82, 2.24) is 9.88 Å². The molecule has 2 N–H and O–H groups in total. The summed E-state index contributed by atoms with van der Waals surface area (Å²) >= 11 is 0. The molecule has 4 heteroatoms. The smallest absolute Gasteiger partial charge is 0.254 e. The number of benzene rings is 1. The van der Waals surface area contributed by atoms with Crippen molar-refractivity contribution in [3.05, 3.63) is 36.0 Å². The number of carbonyl (C=O) groups is 1. The summed E-state index contributed by atoms with van der Waals surface area (Å²) in [5.41, 5.74) is 1.67. The molecule has 3 rings (SSSR count). The zero-order chi connectivity index (χ0) is 11.8. The lowest BCUT2D eigenvalue weighted by Crippen LogP contribution is -2.29. The highest BCUT2D eigenvalue weighted by Gasteiger charge is 2.26. The number of aliphatic hydroxyl groups excluding tert-OH is 1. The number of aromatic nitrogens is 1. The summed E-state index contributed by atoms with van der Waals surface area (Å²) in [6.45, 7) is 1.08. The molecule has 1 aromatic carbocycles. The second-order valence-corrected chi connectivity index (χ2v) is 4.44. The molecule has 1 aliphatic heterocycles. The maximum absolute atomic E-state index is 12.3. The zero-order valence-corrected chi connectivity index (χ0v) is 9.39. The van der Waals surface area contributed by atoms with Crippen LogP contribution in [0, 0.1) is 0 Å². The van der Waals surface area contributed by atoms with Crippen molar-refractivity contribution >= 4 is 16.8 Å². The first kappa shape index (κ1) is 10.4. The molecule has 17 heavy (non-hydrogen) atoms. The maximum atomic E-state index is 12.3. The van der Waals surface area contributed by atoms with Crippen LogP contribution in [-0.2, 0) is 0 Å². The molecule has 88 valence electrons. The third-order valence-corrected chi connectivity index (χ3v) is 3.28. The van der Waals surface area contributed by atoms with E-state index in [2.05, 4.69) is 4.98 Å². The SMILES string of the molecule is O=C(c1cccc2[nH]ccc12)N1CC[C@@H](O)C1. The van der Waals surface area contributed by atoms with Crippen molar-refractivity contribution in [2.75, 3.05) is 13.1 Å². The Balaban J connectivity index is 1.98. The number of hydrogen-bond donors (Lipinski definition) is 2. The molecular formula is C13H14N2O2. The first-order valence-electron chi connectivity index (χ1n) is 5.79. The zero-order valence-electron chi connectivity index (χ0n) is 9.39. The van der Waals surface area contributed by atoms with Gasteiger partial charge in [0.25, 0.3) is 5.91 Å². The molecule has 1 atom stereocenters. The lowest BCUT2D eigenvalue weighted by molar-refractivity contribution is 0.0767. The summed E-state index contributed by atoms with van der Waals surface area (Å²) in [4.78, 5) is 17.1. The number of nitrogens with zero attached hydrogens (tertiary/aromatic N) is 1. The lowest BCUT2D eigenvalue weighted by atomic mass is 10.1. The van der Waals surface area contributed by atoms with Crippen molar-refractivity contribution in [1.29, 1.82) is 0 Å². The minimum absolute atomic E-state index is 0.00625. The molecule has 0 radical (unpaired) electrons. The van der Waals surface area contributed by atoms with Gasteiger partial charge in [-0.1, -0.05) is 6.07 Å². The van der Waals surface area contributed by atoms with E-state index >= 15 is 0 Å². The van der Waals surface area contributed by atoms with Crippen LogP contribution >= 0.6 is 0 Å². The van der Waals surface area contributed by atoms with Crippen LogP contribution in [0.5, 0.6) is 0 Å². The van der Waals surface area contributed by atoms with Crippen LogP contribution in [0.15, 0.2) is 30.5 Å². The number of H-pyrrole nitrogens is 1. The van der Waals surface area contributed by atoms with Gasteiger partial charge in [-0.25, -0.2) is 0 Å². The minimum Gasteiger partial charge on any atom is -0.391 e. The first-order valence-corrected chi connectivity index (χ1v) is 5.79. The fraction of sp³-hybridized carbons (Fsp3) is 0.308. The Hall–Kier alpha value is -1.81. The molecule has 1 aliphatic rings. The van der Waals surface area contributed by atoms with Crippen LogP contribution in [0.2, 0.25) is 0 Å². The Morgan fingerprint density at radius 1 is 1.41 bits per heavy atom. The topological polar surface area (TPSA) is 56.3 Å². The second-order valence-electron chi connectivity index (χ2n) is 4.44. The number of aliphatic hydroxyl groups is 1. The predicted molar refractivity (Wildman–Crippen MR) is 64.8 cm³/mol. The minimum atomic E-state index is -0.371. The quantitative estimate of drug-likeness (QED) is 0.777. The van der Waals surface area contributed by atoms with Gasteiger partial charge >= 0.3 is 0 Å². The Bertz CT molecular complexity index is 561. The molecule has 2 heterocycles. The largest absolute Gasteiger partial charge is 0.391 e. The van der Waals surface area contributed by atoms with Gasteiger partial charge in [-0.2, -0.15) is 0 Å². The number of fused-ring (bicyclic) bond motifs is 1. The van der Waals surface area contributed by atoms with Gasteiger partial charge in [0.05, 0.1) is 6.10 Å². The highest BCUT2D eigenvalue weighted by Crippen LogP contribution is 2.21. The molecule has 1 aromatic heterocycles. The Labute approximate surface area is 98.9 Å². The van der Waals surface area contributed by atoms with E-state index in [0.29, 0.717) is 25.1 Å². The van der Waals surface area contributed by atoms with E-state index < -0.39 is 0 Å². The number of aromatic amines is 1. The van der Waals surface area contributed by atoms with E-state index in [4.69, 9.17) is 0 Å². The molecule has 0 aliphatic carbocycles. The second kappa shape index (κ2) is 3.89. The highest BCUT2D eigenvalue weighted by molar-refractivity contribution is 6.06. The number of nitrogens with one attached hydrogen (secondary N) is 1. The van der Waals surface area contributed by atoms with Crippen LogP contribution < -0.4 is 0 Å². The van der Waals surface area contributed by atoms with Gasteiger partial charge in [-0.15, -0.1) is 0 Å². The van der Waals surface area contributed by atoms with Gasteiger partial charge in [-0.05, 0) is 24.6 Å². The number of likely N-dealkylation sites (tertiary alicyclic amines) is 1. The van der Waals surface area contributed by atoms with E-state index in [0.717, 1.165) is 10.9 Å². The third-order valence-electron chi connectivity index (χ3n) is 3.28. The number of β-amino-alcohol motifs (C(OH)–C–C–N with tert-alkyl or cyclic N) is 1. The average molecular weight is 230 g/mol. The molecule has 0 unspecified atom stereocenters. The van der Waals surface area contributed by atoms with Crippen molar-refractivity contribution in [2.24, 2.45) is 0 Å². The van der Waals surface area contributed by atoms with Crippen LogP contribution in [0.1, 0.15) is 16.8 Å². The molecule has 4 nitrogen and oxygen atoms in total. The first-order chi connectivity index (χ1) is 8.25. The molecule has 1 fully saturated rings. The number of hydrogen-bond acceptors (Lipinski definition) is 2. The van der Waals surface area contributed by atoms with Crippen LogP contribution in [-0.4, -0.2) is 40.1 Å². The standard InChI is InChI=1S/C13H14N2O2/c16-9-5-7-15(8-9)13(17)11-2-1-3-12-10(11)4-6-14-12/h1-4,6,9,14,16H,5,7-8H2/t9-/m1/s1. The summed E-state index contributed by atoms with van der Waals surface area (Å²) in [6.07, 6.45) is 2.14. The average Bonchev–Trinajstić information content (AvgIpc) is 2.95. The Morgan fingerprint density at radius 2 is 2.29 bits per heavy atom. The molecule has 0 saturated carbocycles. The normalized spacial score (nSPS) is 20.1. The lowest BCUT2D eigenvalue weighted by Gasteiger charge is -2.16. The van der Waals surface area contributed by atoms with Gasteiger partial charge < -0.3 is 15.0 Å². The van der Waals surface area contributed by atoms with Gasteiger partial charge in [-0.3, -0.25) is 4.79 Å². The number of rotatable bonds is 1. The monoisotopic (exact) mass is 230 g/mol. The highest BCUT2D eigenvalue weighted by atomic mass is 16.3. The summed E-state index contributed by atoms with van der Waals surface area (Å²) in [5.74, 6) is 0.00625. The fourth-order valence-corrected chi connectivity index (χ4v) is 2.37. The fourth-order valence-electron chi connectivity index (χ4n) is 2.37. The van der Waals surface area contributed by atoms with Crippen LogP contribution in [0.3, 0.4) is 0 Å². The van der Waals surface area contributed by atoms with Crippen molar-refractivity contribution in [2.45, 2.75) is 12.5 Å². The van der Waals surface area contributed by atoms with Crippen molar-refractivity contribution < 1.29 is 9.90 Å². The van der Waals surface area contributed by atoms with E-state index in [1.165, 1.54) is 0 Å². The summed E-state index contributed by atoms with van der Waals surface area (Å²) in [5, 5.41) is 10.4. The number of amides is 1. The summed E-state index contributed by atoms with van der Waals surface area (Å²) in [7, 11) is 0. The molecule has 1 amide bonds. The van der Waals surface area contributed by atoms with Crippen molar-refractivity contribution in [3.8, 4) is 0 Å². The Morgan fingerprint density at radius 3 is 3.06 bits per heavy atom. The van der Waals surface area contributed by atoms with Gasteiger partial charge in [0.15, 0.2) is 0 Å². The molecular weight excluding hydrogens is 216 g/mol. The van der Waals surface area contributed by atoms with Crippen molar-refractivity contribution in [3.63, 3.8) is 0 Å². The molecule has 0 bridgehead atoms. The molecule has 2 aromatic rings. The molecule has 0 spiro atoms. The third kappa shape index (κ3) is 1.70. The van der Waals surface area contributed by atoms with Crippen LogP contribution in [0.25, 0.3) is 10.9 Å². The van der Waals surface area contributed by atoms with E-state index in [1.807, 2.05) is 30.5 Å². The van der Waals surface area contributed by atoms with E-state index in [9.17, 15) is 9.90 Å². The van der Waals surface area contributed by atoms with E-state index in [1.54, 1.807) is 4.90 Å². The number of carbonyl (C=O) groups excluding carboxylic acids is 1. The predicted octanol–water partition coefficient (Wildman–Crippen LogP) is 1.37. The van der Waals surface area contributed by atoms with E-state index in [-0.39, 0.29) is 12.0 Å². The maximum Gasteiger partial charge on any atom is 0.254 e. The Kier molecular flexibility index (Phi) is 2.37. The summed E-state index contributed by atoms with van der Waals surface area (Å²) < 4.78 is 0. The van der Waals surface area contributed by atoms with Crippen LogP contribution in [0.4, 0.5) is 0 Å². The van der Waals surface area contributed by atoms with Gasteiger partial charge in [0.2, 0.25) is 0 Å².